The van der Waals surface area contributed by atoms with Gasteiger partial charge in [-0.25, -0.2) is 0 Å². The minimum Gasteiger partial charge on any atom is -0.309 e. The van der Waals surface area contributed by atoms with Crippen LogP contribution in [0.2, 0.25) is 0 Å². The average molecular weight is 218 g/mol. The van der Waals surface area contributed by atoms with Crippen molar-refractivity contribution in [2.24, 2.45) is 11.8 Å². The van der Waals surface area contributed by atoms with Gasteiger partial charge in [0.15, 0.2) is 0 Å². The maximum atomic E-state index is 4.38. The summed E-state index contributed by atoms with van der Waals surface area (Å²) < 4.78 is 0. The standard InChI is InChI=1S/C14H22N2/c1-11-6-7-13(9-11)10-16-12(2)14-5-3-4-8-15-14/h3-5,8,11-13,16H,6-7,9-10H2,1-2H3. The predicted molar refractivity (Wildman–Crippen MR) is 67.2 cm³/mol. The van der Waals surface area contributed by atoms with Crippen LogP contribution in [0.25, 0.3) is 0 Å². The molecule has 88 valence electrons. The predicted octanol–water partition coefficient (Wildman–Crippen LogP) is 3.17. The first kappa shape index (κ1) is 11.6. The van der Waals surface area contributed by atoms with Crippen LogP contribution in [0.1, 0.15) is 44.8 Å². The Morgan fingerprint density at radius 2 is 2.31 bits per heavy atom. The van der Waals surface area contributed by atoms with Crippen molar-refractivity contribution in [3.63, 3.8) is 0 Å². The molecular weight excluding hydrogens is 196 g/mol. The minimum atomic E-state index is 0.372. The Morgan fingerprint density at radius 1 is 1.44 bits per heavy atom. The van der Waals surface area contributed by atoms with Crippen molar-refractivity contribution in [2.75, 3.05) is 6.54 Å². The van der Waals surface area contributed by atoms with E-state index in [2.05, 4.69) is 36.3 Å². The molecule has 0 amide bonds. The van der Waals surface area contributed by atoms with Crippen molar-refractivity contribution in [1.29, 1.82) is 0 Å². The molecule has 16 heavy (non-hydrogen) atoms. The molecule has 0 spiro atoms. The van der Waals surface area contributed by atoms with Crippen molar-refractivity contribution >= 4 is 0 Å². The molecule has 1 aliphatic rings. The molecule has 2 rings (SSSR count). The van der Waals surface area contributed by atoms with Gasteiger partial charge in [0.05, 0.1) is 5.69 Å². The van der Waals surface area contributed by atoms with Crippen LogP contribution >= 0.6 is 0 Å². The molecule has 0 aromatic carbocycles. The fourth-order valence-electron chi connectivity index (χ4n) is 2.59. The second-order valence-corrected chi connectivity index (χ2v) is 5.17. The maximum absolute atomic E-state index is 4.38. The highest BCUT2D eigenvalue weighted by atomic mass is 14.9. The van der Waals surface area contributed by atoms with E-state index in [-0.39, 0.29) is 0 Å². The number of hydrogen-bond donors (Lipinski definition) is 1. The lowest BCUT2D eigenvalue weighted by Crippen LogP contribution is -2.25. The molecule has 1 aliphatic carbocycles. The minimum absolute atomic E-state index is 0.372. The van der Waals surface area contributed by atoms with E-state index in [1.165, 1.54) is 19.3 Å². The zero-order valence-electron chi connectivity index (χ0n) is 10.3. The van der Waals surface area contributed by atoms with Crippen molar-refractivity contribution in [3.05, 3.63) is 30.1 Å². The summed E-state index contributed by atoms with van der Waals surface area (Å²) in [6.45, 7) is 5.70. The molecular formula is C14H22N2. The maximum Gasteiger partial charge on any atom is 0.0570 e. The Balaban J connectivity index is 1.78. The van der Waals surface area contributed by atoms with Gasteiger partial charge in [0, 0.05) is 12.2 Å². The number of pyridine rings is 1. The molecule has 1 saturated carbocycles. The highest BCUT2D eigenvalue weighted by Gasteiger charge is 2.21. The van der Waals surface area contributed by atoms with Crippen molar-refractivity contribution in [3.8, 4) is 0 Å². The lowest BCUT2D eigenvalue weighted by molar-refractivity contribution is 0.436. The Labute approximate surface area is 98.5 Å². The topological polar surface area (TPSA) is 24.9 Å². The Morgan fingerprint density at radius 3 is 2.94 bits per heavy atom. The second-order valence-electron chi connectivity index (χ2n) is 5.17. The fraction of sp³-hybridized carbons (Fsp3) is 0.643. The molecule has 0 bridgehead atoms. The van der Waals surface area contributed by atoms with E-state index in [1.807, 2.05) is 12.3 Å². The van der Waals surface area contributed by atoms with Crippen LogP contribution in [0.15, 0.2) is 24.4 Å². The molecule has 0 aliphatic heterocycles. The van der Waals surface area contributed by atoms with E-state index in [9.17, 15) is 0 Å². The highest BCUT2D eigenvalue weighted by molar-refractivity contribution is 5.07. The Bertz CT molecular complexity index is 310. The lowest BCUT2D eigenvalue weighted by atomic mass is 10.1. The summed E-state index contributed by atoms with van der Waals surface area (Å²) in [5.41, 5.74) is 1.15. The third-order valence-corrected chi connectivity index (χ3v) is 3.65. The van der Waals surface area contributed by atoms with Gasteiger partial charge in [-0.3, -0.25) is 4.98 Å². The van der Waals surface area contributed by atoms with Gasteiger partial charge in [-0.05, 0) is 50.3 Å². The average Bonchev–Trinajstić information content (AvgIpc) is 2.73. The number of aromatic nitrogens is 1. The van der Waals surface area contributed by atoms with Gasteiger partial charge in [-0.15, -0.1) is 0 Å². The molecule has 0 radical (unpaired) electrons. The van der Waals surface area contributed by atoms with Crippen LogP contribution in [0, 0.1) is 11.8 Å². The third-order valence-electron chi connectivity index (χ3n) is 3.65. The summed E-state index contributed by atoms with van der Waals surface area (Å²) in [6.07, 6.45) is 6.06. The number of hydrogen-bond acceptors (Lipinski definition) is 2. The van der Waals surface area contributed by atoms with Crippen LogP contribution in [0.4, 0.5) is 0 Å². The third kappa shape index (κ3) is 3.05. The SMILES string of the molecule is CC1CCC(CNC(C)c2ccccn2)C1. The Kier molecular flexibility index (Phi) is 3.94. The molecule has 1 N–H and O–H groups in total. The van der Waals surface area contributed by atoms with Gasteiger partial charge in [0.1, 0.15) is 0 Å². The number of rotatable bonds is 4. The quantitative estimate of drug-likeness (QED) is 0.839. The molecule has 1 fully saturated rings. The highest BCUT2D eigenvalue weighted by Crippen LogP contribution is 2.30. The van der Waals surface area contributed by atoms with Crippen LogP contribution in [-0.4, -0.2) is 11.5 Å². The molecule has 2 nitrogen and oxygen atoms in total. The van der Waals surface area contributed by atoms with Gasteiger partial charge in [-0.2, -0.15) is 0 Å². The Hall–Kier alpha value is -0.890. The summed E-state index contributed by atoms with van der Waals surface area (Å²) in [5, 5.41) is 3.60. The van der Waals surface area contributed by atoms with E-state index >= 15 is 0 Å². The first-order valence-corrected chi connectivity index (χ1v) is 6.40. The normalized spacial score (nSPS) is 26.9. The van der Waals surface area contributed by atoms with E-state index in [1.54, 1.807) is 0 Å². The fourth-order valence-corrected chi connectivity index (χ4v) is 2.59. The van der Waals surface area contributed by atoms with Crippen LogP contribution < -0.4 is 5.32 Å². The molecule has 1 heterocycles. The van der Waals surface area contributed by atoms with E-state index in [0.29, 0.717) is 6.04 Å². The van der Waals surface area contributed by atoms with Gasteiger partial charge in [0.25, 0.3) is 0 Å². The van der Waals surface area contributed by atoms with Gasteiger partial charge in [0.2, 0.25) is 0 Å². The number of nitrogens with zero attached hydrogens (tertiary/aromatic N) is 1. The molecule has 0 saturated heterocycles. The second kappa shape index (κ2) is 5.44. The van der Waals surface area contributed by atoms with E-state index in [0.717, 1.165) is 24.1 Å². The van der Waals surface area contributed by atoms with Gasteiger partial charge >= 0.3 is 0 Å². The smallest absolute Gasteiger partial charge is 0.0570 e. The van der Waals surface area contributed by atoms with Crippen molar-refractivity contribution in [2.45, 2.75) is 39.2 Å². The first-order chi connectivity index (χ1) is 7.75. The number of nitrogens with one attached hydrogen (secondary N) is 1. The van der Waals surface area contributed by atoms with Gasteiger partial charge < -0.3 is 5.32 Å². The summed E-state index contributed by atoms with van der Waals surface area (Å²) in [6, 6.07) is 6.49. The first-order valence-electron chi connectivity index (χ1n) is 6.40. The van der Waals surface area contributed by atoms with Crippen LogP contribution in [0.3, 0.4) is 0 Å². The monoisotopic (exact) mass is 218 g/mol. The largest absolute Gasteiger partial charge is 0.309 e. The molecule has 3 atom stereocenters. The molecule has 1 aromatic heterocycles. The lowest BCUT2D eigenvalue weighted by Gasteiger charge is -2.16. The summed E-state index contributed by atoms with van der Waals surface area (Å²) in [5.74, 6) is 1.80. The van der Waals surface area contributed by atoms with Gasteiger partial charge in [-0.1, -0.05) is 19.4 Å². The molecule has 2 heteroatoms. The summed E-state index contributed by atoms with van der Waals surface area (Å²) in [7, 11) is 0. The summed E-state index contributed by atoms with van der Waals surface area (Å²) >= 11 is 0. The van der Waals surface area contributed by atoms with Crippen LogP contribution in [0.5, 0.6) is 0 Å². The zero-order chi connectivity index (χ0) is 11.4. The molecule has 1 aromatic rings. The van der Waals surface area contributed by atoms with Crippen LogP contribution in [-0.2, 0) is 0 Å². The van der Waals surface area contributed by atoms with Crippen molar-refractivity contribution in [1.82, 2.24) is 10.3 Å². The van der Waals surface area contributed by atoms with E-state index < -0.39 is 0 Å². The van der Waals surface area contributed by atoms with E-state index in [4.69, 9.17) is 0 Å². The van der Waals surface area contributed by atoms with Crippen molar-refractivity contribution < 1.29 is 0 Å². The molecule has 3 unspecified atom stereocenters. The summed E-state index contributed by atoms with van der Waals surface area (Å²) in [4.78, 5) is 4.38. The zero-order valence-corrected chi connectivity index (χ0v) is 10.3.